The molecule has 1 N–H and O–H groups in total. The molecule has 2 rings (SSSR count). The van der Waals surface area contributed by atoms with Crippen molar-refractivity contribution in [1.29, 1.82) is 0 Å². The van der Waals surface area contributed by atoms with Crippen LogP contribution in [0.4, 0.5) is 10.1 Å². The van der Waals surface area contributed by atoms with Gasteiger partial charge in [0, 0.05) is 17.5 Å². The summed E-state index contributed by atoms with van der Waals surface area (Å²) >= 11 is 1.70. The fourth-order valence-electron chi connectivity index (χ4n) is 2.13. The zero-order valence-corrected chi connectivity index (χ0v) is 13.0. The van der Waals surface area contributed by atoms with Gasteiger partial charge in [-0.25, -0.2) is 4.39 Å². The molecule has 5 heteroatoms. The van der Waals surface area contributed by atoms with E-state index in [9.17, 15) is 4.39 Å². The Balaban J connectivity index is 2.09. The van der Waals surface area contributed by atoms with Crippen molar-refractivity contribution < 1.29 is 9.13 Å². The molecule has 110 valence electrons. The SMILES string of the molecule is CCOc1ccc(NC2=NC(CC)(CC)CS2)cc1F. The van der Waals surface area contributed by atoms with Gasteiger partial charge in [0.25, 0.3) is 0 Å². The molecule has 0 bridgehead atoms. The standard InChI is InChI=1S/C15H21FN2OS/c1-4-15(5-2)10-20-14(18-15)17-11-7-8-13(19-6-3)12(16)9-11/h7-9H,4-6,10H2,1-3H3,(H,17,18). The van der Waals surface area contributed by atoms with Crippen molar-refractivity contribution in [2.75, 3.05) is 17.7 Å². The molecule has 1 aromatic carbocycles. The summed E-state index contributed by atoms with van der Waals surface area (Å²) in [5.41, 5.74) is 0.747. The van der Waals surface area contributed by atoms with Gasteiger partial charge < -0.3 is 10.1 Å². The number of nitrogens with zero attached hydrogens (tertiary/aromatic N) is 1. The van der Waals surface area contributed by atoms with Gasteiger partial charge in [-0.1, -0.05) is 25.6 Å². The first kappa shape index (κ1) is 15.2. The Bertz CT molecular complexity index is 501. The molecule has 0 atom stereocenters. The highest BCUT2D eigenvalue weighted by atomic mass is 32.2. The minimum absolute atomic E-state index is 0.0385. The Morgan fingerprint density at radius 1 is 1.35 bits per heavy atom. The molecule has 1 aliphatic heterocycles. The third-order valence-electron chi connectivity index (χ3n) is 3.62. The fraction of sp³-hybridized carbons (Fsp3) is 0.533. The molecule has 0 aromatic heterocycles. The van der Waals surface area contributed by atoms with E-state index in [1.54, 1.807) is 17.8 Å². The molecule has 0 spiro atoms. The average Bonchev–Trinajstić information content (AvgIpc) is 2.86. The van der Waals surface area contributed by atoms with Crippen LogP contribution in [0.1, 0.15) is 33.6 Å². The fourth-order valence-corrected chi connectivity index (χ4v) is 3.46. The van der Waals surface area contributed by atoms with Gasteiger partial charge in [0.15, 0.2) is 16.7 Å². The number of halogens is 1. The summed E-state index contributed by atoms with van der Waals surface area (Å²) in [5, 5.41) is 4.06. The molecule has 0 fully saturated rings. The number of hydrogen-bond donors (Lipinski definition) is 1. The van der Waals surface area contributed by atoms with Crippen LogP contribution in [0.5, 0.6) is 5.75 Å². The van der Waals surface area contributed by atoms with Gasteiger partial charge >= 0.3 is 0 Å². The first-order chi connectivity index (χ1) is 9.62. The number of ether oxygens (including phenoxy) is 1. The molecule has 0 radical (unpaired) electrons. The van der Waals surface area contributed by atoms with Crippen LogP contribution in [-0.2, 0) is 0 Å². The van der Waals surface area contributed by atoms with Crippen molar-refractivity contribution in [1.82, 2.24) is 0 Å². The van der Waals surface area contributed by atoms with Crippen LogP contribution in [0, 0.1) is 5.82 Å². The summed E-state index contributed by atoms with van der Waals surface area (Å²) < 4.78 is 19.0. The van der Waals surface area contributed by atoms with Gasteiger partial charge in [0.05, 0.1) is 12.1 Å². The van der Waals surface area contributed by atoms with E-state index in [1.807, 2.05) is 13.0 Å². The summed E-state index contributed by atoms with van der Waals surface area (Å²) in [5.74, 6) is 0.926. The monoisotopic (exact) mass is 296 g/mol. The molecule has 0 saturated heterocycles. The molecule has 0 aliphatic carbocycles. The smallest absolute Gasteiger partial charge is 0.167 e. The van der Waals surface area contributed by atoms with Crippen molar-refractivity contribution in [3.05, 3.63) is 24.0 Å². The lowest BCUT2D eigenvalue weighted by molar-refractivity contribution is 0.321. The molecule has 0 saturated carbocycles. The van der Waals surface area contributed by atoms with Crippen LogP contribution in [-0.4, -0.2) is 23.1 Å². The maximum Gasteiger partial charge on any atom is 0.167 e. The summed E-state index contributed by atoms with van der Waals surface area (Å²) in [6, 6.07) is 4.91. The van der Waals surface area contributed by atoms with Crippen molar-refractivity contribution in [2.45, 2.75) is 39.2 Å². The summed E-state index contributed by atoms with van der Waals surface area (Å²) in [4.78, 5) is 4.76. The molecule has 0 amide bonds. The third kappa shape index (κ3) is 3.26. The van der Waals surface area contributed by atoms with Crippen molar-refractivity contribution >= 4 is 22.6 Å². The van der Waals surface area contributed by atoms with Crippen LogP contribution >= 0.6 is 11.8 Å². The number of aliphatic imine (C=N–C) groups is 1. The van der Waals surface area contributed by atoms with Gasteiger partial charge in [-0.3, -0.25) is 4.99 Å². The number of anilines is 1. The van der Waals surface area contributed by atoms with E-state index >= 15 is 0 Å². The second-order valence-electron chi connectivity index (χ2n) is 4.84. The lowest BCUT2D eigenvalue weighted by Crippen LogP contribution is -2.24. The Morgan fingerprint density at radius 3 is 2.65 bits per heavy atom. The zero-order chi connectivity index (χ0) is 14.6. The van der Waals surface area contributed by atoms with Gasteiger partial charge in [0.2, 0.25) is 0 Å². The van der Waals surface area contributed by atoms with E-state index in [0.29, 0.717) is 12.3 Å². The number of amidine groups is 1. The summed E-state index contributed by atoms with van der Waals surface area (Å²) in [6.07, 6.45) is 2.05. The number of nitrogens with one attached hydrogen (secondary N) is 1. The molecule has 20 heavy (non-hydrogen) atoms. The van der Waals surface area contributed by atoms with Gasteiger partial charge in [-0.15, -0.1) is 0 Å². The summed E-state index contributed by atoms with van der Waals surface area (Å²) in [6.45, 7) is 6.62. The van der Waals surface area contributed by atoms with E-state index in [0.717, 1.165) is 23.8 Å². The van der Waals surface area contributed by atoms with Crippen LogP contribution in [0.2, 0.25) is 0 Å². The van der Waals surface area contributed by atoms with Crippen LogP contribution < -0.4 is 10.1 Å². The molecular weight excluding hydrogens is 275 g/mol. The Morgan fingerprint density at radius 2 is 2.10 bits per heavy atom. The van der Waals surface area contributed by atoms with E-state index in [-0.39, 0.29) is 17.1 Å². The van der Waals surface area contributed by atoms with E-state index in [2.05, 4.69) is 19.2 Å². The van der Waals surface area contributed by atoms with E-state index in [1.165, 1.54) is 6.07 Å². The number of hydrogen-bond acceptors (Lipinski definition) is 4. The highest BCUT2D eigenvalue weighted by Gasteiger charge is 2.32. The lowest BCUT2D eigenvalue weighted by atomic mass is 9.97. The van der Waals surface area contributed by atoms with Gasteiger partial charge in [0.1, 0.15) is 0 Å². The topological polar surface area (TPSA) is 33.6 Å². The molecule has 3 nitrogen and oxygen atoms in total. The van der Waals surface area contributed by atoms with E-state index in [4.69, 9.17) is 9.73 Å². The Kier molecular flexibility index (Phi) is 4.91. The van der Waals surface area contributed by atoms with Gasteiger partial charge in [-0.2, -0.15) is 0 Å². The van der Waals surface area contributed by atoms with Crippen LogP contribution in [0.25, 0.3) is 0 Å². The minimum Gasteiger partial charge on any atom is -0.491 e. The quantitative estimate of drug-likeness (QED) is 0.879. The van der Waals surface area contributed by atoms with Crippen molar-refractivity contribution in [2.24, 2.45) is 4.99 Å². The minimum atomic E-state index is -0.349. The third-order valence-corrected chi connectivity index (χ3v) is 4.76. The predicted molar refractivity (Wildman–Crippen MR) is 84.4 cm³/mol. The number of benzene rings is 1. The lowest BCUT2D eigenvalue weighted by Gasteiger charge is -2.20. The molecular formula is C15H21FN2OS. The number of thioether (sulfide) groups is 1. The predicted octanol–water partition coefficient (Wildman–Crippen LogP) is 4.30. The van der Waals surface area contributed by atoms with Gasteiger partial charge in [-0.05, 0) is 31.9 Å². The second kappa shape index (κ2) is 6.48. The highest BCUT2D eigenvalue weighted by Crippen LogP contribution is 2.34. The Hall–Kier alpha value is -1.23. The normalized spacial score (nSPS) is 16.9. The Labute approximate surface area is 124 Å². The zero-order valence-electron chi connectivity index (χ0n) is 12.2. The first-order valence-electron chi connectivity index (χ1n) is 7.04. The first-order valence-corrected chi connectivity index (χ1v) is 8.03. The van der Waals surface area contributed by atoms with Crippen LogP contribution in [0.3, 0.4) is 0 Å². The average molecular weight is 296 g/mol. The molecule has 0 unspecified atom stereocenters. The molecule has 1 heterocycles. The molecule has 1 aromatic rings. The van der Waals surface area contributed by atoms with Crippen LogP contribution in [0.15, 0.2) is 23.2 Å². The maximum atomic E-state index is 13.8. The largest absolute Gasteiger partial charge is 0.491 e. The highest BCUT2D eigenvalue weighted by molar-refractivity contribution is 8.14. The molecule has 1 aliphatic rings. The van der Waals surface area contributed by atoms with E-state index < -0.39 is 0 Å². The van der Waals surface area contributed by atoms with Crippen molar-refractivity contribution in [3.63, 3.8) is 0 Å². The summed E-state index contributed by atoms with van der Waals surface area (Å²) in [7, 11) is 0. The second-order valence-corrected chi connectivity index (χ2v) is 5.80. The van der Waals surface area contributed by atoms with Crippen molar-refractivity contribution in [3.8, 4) is 5.75 Å². The maximum absolute atomic E-state index is 13.8. The number of rotatable bonds is 5.